The second-order valence-electron chi connectivity index (χ2n) is 6.58. The van der Waals surface area contributed by atoms with Gasteiger partial charge in [0.25, 0.3) is 5.91 Å². The van der Waals surface area contributed by atoms with Crippen molar-refractivity contribution in [2.75, 3.05) is 18.5 Å². The number of ether oxygens (including phenoxy) is 1. The van der Waals surface area contributed by atoms with Crippen LogP contribution in [0.25, 0.3) is 0 Å². The molecule has 1 fully saturated rings. The first-order valence-electron chi connectivity index (χ1n) is 9.05. The molecule has 29 heavy (non-hydrogen) atoms. The number of nitrogens with two attached hydrogens (primary N) is 1. The maximum Gasteiger partial charge on any atom is 0.255 e. The summed E-state index contributed by atoms with van der Waals surface area (Å²) in [4.78, 5) is 28.4. The Morgan fingerprint density at radius 3 is 2.52 bits per heavy atom. The number of carbonyl (C=O) groups excluding carboxylic acids is 2. The van der Waals surface area contributed by atoms with Gasteiger partial charge in [-0.3, -0.25) is 14.6 Å². The lowest BCUT2D eigenvalue weighted by Crippen LogP contribution is -2.46. The normalized spacial score (nSPS) is 14.7. The van der Waals surface area contributed by atoms with Crippen LogP contribution in [0.2, 0.25) is 0 Å². The van der Waals surface area contributed by atoms with Crippen molar-refractivity contribution in [3.63, 3.8) is 0 Å². The molecule has 0 saturated carbocycles. The molecule has 4 N–H and O–H groups in total. The number of anilines is 1. The van der Waals surface area contributed by atoms with Crippen LogP contribution >= 0.6 is 24.8 Å². The van der Waals surface area contributed by atoms with E-state index >= 15 is 0 Å². The monoisotopic (exact) mass is 440 g/mol. The van der Waals surface area contributed by atoms with Crippen LogP contribution in [0.1, 0.15) is 28.8 Å². The number of halogens is 2. The second-order valence-corrected chi connectivity index (χ2v) is 6.58. The number of aromatic nitrogens is 1. The van der Waals surface area contributed by atoms with E-state index in [4.69, 9.17) is 10.5 Å². The predicted molar refractivity (Wildman–Crippen MR) is 116 cm³/mol. The summed E-state index contributed by atoms with van der Waals surface area (Å²) in [7, 11) is 0. The Kier molecular flexibility index (Phi) is 10.6. The zero-order valence-corrected chi connectivity index (χ0v) is 17.5. The van der Waals surface area contributed by atoms with Crippen molar-refractivity contribution < 1.29 is 14.3 Å². The van der Waals surface area contributed by atoms with Gasteiger partial charge in [0.05, 0.1) is 6.04 Å². The van der Waals surface area contributed by atoms with Crippen LogP contribution in [0.3, 0.4) is 0 Å². The Hall–Kier alpha value is -2.19. The van der Waals surface area contributed by atoms with Gasteiger partial charge in [0.2, 0.25) is 5.91 Å². The van der Waals surface area contributed by atoms with Crippen LogP contribution in [0.4, 0.5) is 5.69 Å². The molecule has 9 heteroatoms. The molecular formula is C20H26Cl2N4O3. The highest BCUT2D eigenvalue weighted by atomic mass is 35.5. The quantitative estimate of drug-likeness (QED) is 0.639. The van der Waals surface area contributed by atoms with Crippen molar-refractivity contribution in [3.8, 4) is 0 Å². The van der Waals surface area contributed by atoms with E-state index in [-0.39, 0.29) is 42.5 Å². The van der Waals surface area contributed by atoms with Crippen molar-refractivity contribution in [1.82, 2.24) is 10.3 Å². The summed E-state index contributed by atoms with van der Waals surface area (Å²) in [6, 6.07) is 10.1. The highest BCUT2D eigenvalue weighted by Gasteiger charge is 2.26. The van der Waals surface area contributed by atoms with Gasteiger partial charge >= 0.3 is 0 Å². The average molecular weight is 441 g/mol. The minimum Gasteiger partial charge on any atom is -0.381 e. The van der Waals surface area contributed by atoms with E-state index in [2.05, 4.69) is 15.6 Å². The SMILES string of the molecule is Cl.Cl.NC(C(=O)NCc1cccc(NC(=O)c2ccncc2)c1)C1CCOCC1. The molecule has 158 valence electrons. The standard InChI is InChI=1S/C20H24N4O3.2ClH/c21-18(15-6-10-27-11-7-15)20(26)23-13-14-2-1-3-17(12-14)24-19(25)16-4-8-22-9-5-16;;/h1-5,8-9,12,15,18H,6-7,10-11,13,21H2,(H,23,26)(H,24,25);2*1H. The highest BCUT2D eigenvalue weighted by molar-refractivity contribution is 6.04. The fraction of sp³-hybridized carbons (Fsp3) is 0.350. The Bertz CT molecular complexity index is 786. The van der Waals surface area contributed by atoms with Crippen LogP contribution in [0, 0.1) is 5.92 Å². The smallest absolute Gasteiger partial charge is 0.255 e. The zero-order valence-electron chi connectivity index (χ0n) is 15.9. The molecule has 0 aliphatic carbocycles. The Morgan fingerprint density at radius 1 is 1.14 bits per heavy atom. The Balaban J connectivity index is 0.00000210. The molecule has 0 spiro atoms. The summed E-state index contributed by atoms with van der Waals surface area (Å²) >= 11 is 0. The third kappa shape index (κ3) is 7.29. The van der Waals surface area contributed by atoms with E-state index in [1.54, 1.807) is 30.6 Å². The maximum atomic E-state index is 12.3. The third-order valence-electron chi connectivity index (χ3n) is 4.67. The number of amides is 2. The number of carbonyl (C=O) groups is 2. The van der Waals surface area contributed by atoms with Gasteiger partial charge in [0.15, 0.2) is 0 Å². The fourth-order valence-corrected chi connectivity index (χ4v) is 3.06. The molecule has 1 unspecified atom stereocenters. The van der Waals surface area contributed by atoms with Gasteiger partial charge in [-0.2, -0.15) is 0 Å². The average Bonchev–Trinajstić information content (AvgIpc) is 2.73. The Morgan fingerprint density at radius 2 is 1.83 bits per heavy atom. The molecule has 7 nitrogen and oxygen atoms in total. The van der Waals surface area contributed by atoms with Gasteiger partial charge in [-0.1, -0.05) is 12.1 Å². The van der Waals surface area contributed by atoms with Gasteiger partial charge in [0.1, 0.15) is 0 Å². The molecule has 1 aromatic heterocycles. The number of pyridine rings is 1. The number of nitrogens with zero attached hydrogens (tertiary/aromatic N) is 1. The maximum absolute atomic E-state index is 12.3. The molecule has 1 saturated heterocycles. The van der Waals surface area contributed by atoms with Crippen molar-refractivity contribution in [1.29, 1.82) is 0 Å². The summed E-state index contributed by atoms with van der Waals surface area (Å²) in [6.07, 6.45) is 4.77. The van der Waals surface area contributed by atoms with Crippen LogP contribution in [-0.2, 0) is 16.1 Å². The first-order chi connectivity index (χ1) is 13.1. The molecule has 0 bridgehead atoms. The largest absolute Gasteiger partial charge is 0.381 e. The van der Waals surface area contributed by atoms with E-state index in [1.165, 1.54) is 0 Å². The molecule has 1 aliphatic heterocycles. The van der Waals surface area contributed by atoms with E-state index < -0.39 is 6.04 Å². The summed E-state index contributed by atoms with van der Waals surface area (Å²) in [5.41, 5.74) is 8.17. The summed E-state index contributed by atoms with van der Waals surface area (Å²) in [5.74, 6) is -0.210. The number of nitrogens with one attached hydrogen (secondary N) is 2. The van der Waals surface area contributed by atoms with Gasteiger partial charge in [-0.25, -0.2) is 0 Å². The van der Waals surface area contributed by atoms with Crippen molar-refractivity contribution in [3.05, 3.63) is 59.9 Å². The van der Waals surface area contributed by atoms with Gasteiger partial charge in [-0.15, -0.1) is 24.8 Å². The number of benzene rings is 1. The number of rotatable bonds is 6. The van der Waals surface area contributed by atoms with Crippen LogP contribution in [-0.4, -0.2) is 36.1 Å². The van der Waals surface area contributed by atoms with Gasteiger partial charge in [0, 0.05) is 43.4 Å². The lowest BCUT2D eigenvalue weighted by molar-refractivity contribution is -0.124. The summed E-state index contributed by atoms with van der Waals surface area (Å²) < 4.78 is 5.31. The molecule has 3 rings (SSSR count). The lowest BCUT2D eigenvalue weighted by atomic mass is 9.92. The zero-order chi connectivity index (χ0) is 19.1. The molecule has 1 aliphatic rings. The van der Waals surface area contributed by atoms with E-state index in [0.717, 1.165) is 18.4 Å². The molecule has 1 atom stereocenters. The molecule has 2 amide bonds. The topological polar surface area (TPSA) is 106 Å². The molecule has 2 aromatic rings. The second kappa shape index (κ2) is 12.4. The first-order valence-corrected chi connectivity index (χ1v) is 9.05. The predicted octanol–water partition coefficient (Wildman–Crippen LogP) is 2.55. The minimum absolute atomic E-state index is 0. The van der Waals surface area contributed by atoms with Crippen molar-refractivity contribution >= 4 is 42.3 Å². The first kappa shape index (κ1) is 24.8. The summed E-state index contributed by atoms with van der Waals surface area (Å²) in [6.45, 7) is 1.67. The fourth-order valence-electron chi connectivity index (χ4n) is 3.06. The van der Waals surface area contributed by atoms with Gasteiger partial charge in [-0.05, 0) is 48.6 Å². The Labute approximate surface area is 182 Å². The van der Waals surface area contributed by atoms with Crippen molar-refractivity contribution in [2.45, 2.75) is 25.4 Å². The highest BCUT2D eigenvalue weighted by Crippen LogP contribution is 2.18. The van der Waals surface area contributed by atoms with E-state index in [9.17, 15) is 9.59 Å². The summed E-state index contributed by atoms with van der Waals surface area (Å²) in [5, 5.41) is 5.73. The molecule has 2 heterocycles. The third-order valence-corrected chi connectivity index (χ3v) is 4.67. The van der Waals surface area contributed by atoms with Crippen LogP contribution in [0.5, 0.6) is 0 Å². The minimum atomic E-state index is -0.525. The number of hydrogen-bond donors (Lipinski definition) is 3. The lowest BCUT2D eigenvalue weighted by Gasteiger charge is -2.26. The van der Waals surface area contributed by atoms with Crippen molar-refractivity contribution in [2.24, 2.45) is 11.7 Å². The van der Waals surface area contributed by atoms with E-state index in [1.807, 2.05) is 18.2 Å². The van der Waals surface area contributed by atoms with Gasteiger partial charge < -0.3 is 21.1 Å². The van der Waals surface area contributed by atoms with Crippen LogP contribution in [0.15, 0.2) is 48.8 Å². The molecule has 1 aromatic carbocycles. The number of hydrogen-bond acceptors (Lipinski definition) is 5. The molecular weight excluding hydrogens is 415 g/mol. The molecule has 0 radical (unpaired) electrons. The van der Waals surface area contributed by atoms with Crippen LogP contribution < -0.4 is 16.4 Å². The van der Waals surface area contributed by atoms with E-state index in [0.29, 0.717) is 31.0 Å².